The van der Waals surface area contributed by atoms with E-state index in [2.05, 4.69) is 5.32 Å². The quantitative estimate of drug-likeness (QED) is 0.655. The lowest BCUT2D eigenvalue weighted by atomic mass is 10.1. The highest BCUT2D eigenvalue weighted by Crippen LogP contribution is 2.24. The van der Waals surface area contributed by atoms with E-state index in [1.165, 1.54) is 11.8 Å². The zero-order chi connectivity index (χ0) is 15.2. The van der Waals surface area contributed by atoms with E-state index in [4.69, 9.17) is 5.73 Å². The fourth-order valence-corrected chi connectivity index (χ4v) is 2.84. The second-order valence-electron chi connectivity index (χ2n) is 4.97. The molecular weight excluding hydrogens is 280 g/mol. The Hall–Kier alpha value is -1.94. The van der Waals surface area contributed by atoms with Crippen LogP contribution in [-0.2, 0) is 4.79 Å². The number of nitrogens with two attached hydrogens (primary N) is 1. The van der Waals surface area contributed by atoms with E-state index in [0.717, 1.165) is 16.1 Å². The van der Waals surface area contributed by atoms with Crippen LogP contribution < -0.4 is 11.1 Å². The minimum Gasteiger partial charge on any atom is -0.399 e. The number of carbonyl (C=O) groups excluding carboxylic acids is 1. The molecule has 1 amide bonds. The van der Waals surface area contributed by atoms with Crippen molar-refractivity contribution >= 4 is 23.4 Å². The molecule has 21 heavy (non-hydrogen) atoms. The zero-order valence-electron chi connectivity index (χ0n) is 12.2. The van der Waals surface area contributed by atoms with E-state index in [1.54, 1.807) is 0 Å². The highest BCUT2D eigenvalue weighted by atomic mass is 32.2. The van der Waals surface area contributed by atoms with Crippen LogP contribution in [0.15, 0.2) is 59.5 Å². The van der Waals surface area contributed by atoms with Crippen LogP contribution >= 0.6 is 11.8 Å². The van der Waals surface area contributed by atoms with Gasteiger partial charge in [0.25, 0.3) is 0 Å². The molecule has 2 rings (SSSR count). The normalized spacial score (nSPS) is 13.4. The van der Waals surface area contributed by atoms with Crippen molar-refractivity contribution in [2.75, 3.05) is 5.73 Å². The van der Waals surface area contributed by atoms with E-state index in [1.807, 2.05) is 68.4 Å². The molecule has 0 aliphatic heterocycles. The third-order valence-electron chi connectivity index (χ3n) is 3.22. The minimum absolute atomic E-state index is 0.00756. The zero-order valence-corrected chi connectivity index (χ0v) is 13.1. The van der Waals surface area contributed by atoms with Gasteiger partial charge in [-0.2, -0.15) is 0 Å². The molecule has 0 bridgehead atoms. The van der Waals surface area contributed by atoms with Crippen molar-refractivity contribution < 1.29 is 4.79 Å². The predicted molar refractivity (Wildman–Crippen MR) is 89.2 cm³/mol. The molecule has 0 aliphatic carbocycles. The van der Waals surface area contributed by atoms with Crippen molar-refractivity contribution in [3.05, 3.63) is 60.2 Å². The molecule has 0 saturated heterocycles. The summed E-state index contributed by atoms with van der Waals surface area (Å²) in [5.41, 5.74) is 7.50. The van der Waals surface area contributed by atoms with Crippen molar-refractivity contribution in [3.8, 4) is 0 Å². The van der Waals surface area contributed by atoms with Gasteiger partial charge in [-0.15, -0.1) is 11.8 Å². The summed E-state index contributed by atoms with van der Waals surface area (Å²) in [7, 11) is 0. The fourth-order valence-electron chi connectivity index (χ4n) is 1.96. The molecule has 2 aromatic rings. The lowest BCUT2D eigenvalue weighted by Gasteiger charge is -2.17. The Kier molecular flexibility index (Phi) is 5.28. The van der Waals surface area contributed by atoms with E-state index >= 15 is 0 Å². The van der Waals surface area contributed by atoms with E-state index in [9.17, 15) is 4.79 Å². The monoisotopic (exact) mass is 300 g/mol. The minimum atomic E-state index is -0.153. The molecule has 3 nitrogen and oxygen atoms in total. The van der Waals surface area contributed by atoms with Gasteiger partial charge < -0.3 is 11.1 Å². The van der Waals surface area contributed by atoms with Crippen molar-refractivity contribution in [3.63, 3.8) is 0 Å². The van der Waals surface area contributed by atoms with E-state index in [0.29, 0.717) is 0 Å². The molecule has 0 spiro atoms. The van der Waals surface area contributed by atoms with Crippen LogP contribution in [0.4, 0.5) is 5.69 Å². The second-order valence-corrected chi connectivity index (χ2v) is 6.38. The second kappa shape index (κ2) is 7.18. The van der Waals surface area contributed by atoms with Crippen LogP contribution in [0.5, 0.6) is 0 Å². The Morgan fingerprint density at radius 1 is 1.05 bits per heavy atom. The van der Waals surface area contributed by atoms with Crippen LogP contribution in [0.3, 0.4) is 0 Å². The number of hydrogen-bond acceptors (Lipinski definition) is 3. The molecule has 2 aromatic carbocycles. The molecule has 0 saturated carbocycles. The first-order valence-electron chi connectivity index (χ1n) is 6.94. The number of thioether (sulfide) groups is 1. The van der Waals surface area contributed by atoms with Gasteiger partial charge in [-0.05, 0) is 43.7 Å². The van der Waals surface area contributed by atoms with Crippen molar-refractivity contribution in [2.24, 2.45) is 0 Å². The number of hydrogen-bond donors (Lipinski definition) is 2. The Morgan fingerprint density at radius 3 is 2.29 bits per heavy atom. The topological polar surface area (TPSA) is 55.1 Å². The van der Waals surface area contributed by atoms with Gasteiger partial charge in [-0.25, -0.2) is 0 Å². The molecule has 0 radical (unpaired) electrons. The first-order chi connectivity index (χ1) is 10.1. The number of amides is 1. The summed E-state index contributed by atoms with van der Waals surface area (Å²) < 4.78 is 0. The van der Waals surface area contributed by atoms with Gasteiger partial charge in [0.1, 0.15) is 0 Å². The third kappa shape index (κ3) is 4.53. The molecule has 2 atom stereocenters. The molecule has 110 valence electrons. The van der Waals surface area contributed by atoms with Crippen LogP contribution in [0.25, 0.3) is 0 Å². The molecule has 0 aromatic heterocycles. The van der Waals surface area contributed by atoms with Gasteiger partial charge in [-0.1, -0.05) is 30.3 Å². The number of benzene rings is 2. The summed E-state index contributed by atoms with van der Waals surface area (Å²) in [6, 6.07) is 17.5. The van der Waals surface area contributed by atoms with E-state index < -0.39 is 0 Å². The van der Waals surface area contributed by atoms with Crippen LogP contribution in [0.2, 0.25) is 0 Å². The predicted octanol–water partition coefficient (Wildman–Crippen LogP) is 3.63. The van der Waals surface area contributed by atoms with Gasteiger partial charge in [-0.3, -0.25) is 4.79 Å². The lowest BCUT2D eigenvalue weighted by molar-refractivity contribution is -0.120. The van der Waals surface area contributed by atoms with Crippen LogP contribution in [0, 0.1) is 0 Å². The van der Waals surface area contributed by atoms with Gasteiger partial charge >= 0.3 is 0 Å². The molecule has 0 heterocycles. The van der Waals surface area contributed by atoms with E-state index in [-0.39, 0.29) is 17.2 Å². The summed E-state index contributed by atoms with van der Waals surface area (Å²) in [4.78, 5) is 13.3. The molecule has 0 fully saturated rings. The Bertz CT molecular complexity index is 583. The highest BCUT2D eigenvalue weighted by Gasteiger charge is 2.17. The number of carbonyl (C=O) groups is 1. The standard InChI is InChI=1S/C17H20N2OS/c1-12(14-6-4-3-5-7-14)19-17(20)13(2)21-16-10-8-15(18)9-11-16/h3-13H,18H2,1-2H3,(H,19,20). The summed E-state index contributed by atoms with van der Waals surface area (Å²) in [6.45, 7) is 3.90. The van der Waals surface area contributed by atoms with Gasteiger partial charge in [0.15, 0.2) is 0 Å². The fraction of sp³-hybridized carbons (Fsp3) is 0.235. The summed E-state index contributed by atoms with van der Waals surface area (Å²) >= 11 is 1.53. The summed E-state index contributed by atoms with van der Waals surface area (Å²) in [5, 5.41) is 2.89. The summed E-state index contributed by atoms with van der Waals surface area (Å²) in [6.07, 6.45) is 0. The number of nitrogen functional groups attached to an aromatic ring is 1. The van der Waals surface area contributed by atoms with Crippen molar-refractivity contribution in [1.29, 1.82) is 0 Å². The molecule has 2 unspecified atom stereocenters. The Labute approximate surface area is 129 Å². The number of nitrogens with one attached hydrogen (secondary N) is 1. The first kappa shape index (κ1) is 15.4. The van der Waals surface area contributed by atoms with Crippen LogP contribution in [0.1, 0.15) is 25.5 Å². The van der Waals surface area contributed by atoms with Gasteiger partial charge in [0.05, 0.1) is 11.3 Å². The molecule has 0 aliphatic rings. The number of rotatable bonds is 5. The van der Waals surface area contributed by atoms with Crippen LogP contribution in [-0.4, -0.2) is 11.2 Å². The van der Waals surface area contributed by atoms with Gasteiger partial charge in [0.2, 0.25) is 5.91 Å². The van der Waals surface area contributed by atoms with Crippen molar-refractivity contribution in [2.45, 2.75) is 30.0 Å². The summed E-state index contributed by atoms with van der Waals surface area (Å²) in [5.74, 6) is 0.0354. The average Bonchev–Trinajstić information content (AvgIpc) is 2.50. The maximum Gasteiger partial charge on any atom is 0.233 e. The third-order valence-corrected chi connectivity index (χ3v) is 4.33. The highest BCUT2D eigenvalue weighted by molar-refractivity contribution is 8.00. The maximum absolute atomic E-state index is 12.2. The lowest BCUT2D eigenvalue weighted by Crippen LogP contribution is -2.33. The molecular formula is C17H20N2OS. The van der Waals surface area contributed by atoms with Crippen molar-refractivity contribution in [1.82, 2.24) is 5.32 Å². The molecule has 4 heteroatoms. The smallest absolute Gasteiger partial charge is 0.233 e. The Morgan fingerprint density at radius 2 is 1.67 bits per heavy atom. The van der Waals surface area contributed by atoms with Gasteiger partial charge in [0, 0.05) is 10.6 Å². The SMILES string of the molecule is CC(Sc1ccc(N)cc1)C(=O)NC(C)c1ccccc1. The Balaban J connectivity index is 1.92. The molecule has 3 N–H and O–H groups in total. The number of anilines is 1. The average molecular weight is 300 g/mol. The maximum atomic E-state index is 12.2. The largest absolute Gasteiger partial charge is 0.399 e. The first-order valence-corrected chi connectivity index (χ1v) is 7.82.